The van der Waals surface area contributed by atoms with Gasteiger partial charge in [0.25, 0.3) is 0 Å². The van der Waals surface area contributed by atoms with E-state index in [9.17, 15) is 0 Å². The Balaban J connectivity index is 1.92. The number of hydrogen-bond acceptors (Lipinski definition) is 5. The fourth-order valence-electron chi connectivity index (χ4n) is 1.92. The van der Waals surface area contributed by atoms with Crippen molar-refractivity contribution in [1.82, 2.24) is 0 Å². The molecule has 0 radical (unpaired) electrons. The van der Waals surface area contributed by atoms with E-state index in [1.54, 1.807) is 18.9 Å². The van der Waals surface area contributed by atoms with Crippen molar-refractivity contribution in [2.75, 3.05) is 18.1 Å². The van der Waals surface area contributed by atoms with Crippen LogP contribution in [-0.2, 0) is 0 Å². The van der Waals surface area contributed by atoms with Gasteiger partial charge in [0, 0.05) is 5.30 Å². The molecule has 1 unspecified atom stereocenters. The summed E-state index contributed by atoms with van der Waals surface area (Å²) in [6.45, 7) is 0. The molecule has 2 aromatic carbocycles. The largest absolute Gasteiger partial charge is 0.497 e. The Bertz CT molecular complexity index is 634. The normalized spacial score (nSPS) is 17.7. The predicted molar refractivity (Wildman–Crippen MR) is 97.0 cm³/mol. The summed E-state index contributed by atoms with van der Waals surface area (Å²) in [7, 11) is 1.12. The molecule has 0 saturated heterocycles. The average molecular weight is 334 g/mol. The first kappa shape index (κ1) is 14.8. The topological polar surface area (TPSA) is 24.8 Å². The molecule has 0 amide bonds. The molecule has 0 bridgehead atoms. The standard InChI is InChI=1S/C15H15N2OPS2/c1-18-13-8-10-14(11-9-13)19-17(16-15(20-2)21-19)12-6-4-3-5-7-12/h3-11H,1-2H3. The molecule has 0 saturated carbocycles. The molecule has 0 aliphatic carbocycles. The summed E-state index contributed by atoms with van der Waals surface area (Å²) in [5.74, 6) is 0.884. The van der Waals surface area contributed by atoms with Crippen molar-refractivity contribution < 1.29 is 4.74 Å². The highest BCUT2D eigenvalue weighted by atomic mass is 32.7. The number of para-hydroxylation sites is 1. The Kier molecular flexibility index (Phi) is 4.73. The van der Waals surface area contributed by atoms with Gasteiger partial charge in [0.1, 0.15) is 13.0 Å². The van der Waals surface area contributed by atoms with E-state index in [4.69, 9.17) is 9.84 Å². The van der Waals surface area contributed by atoms with Crippen molar-refractivity contribution in [3.8, 4) is 5.75 Å². The highest BCUT2D eigenvalue weighted by molar-refractivity contribution is 8.72. The zero-order valence-electron chi connectivity index (χ0n) is 11.8. The lowest BCUT2D eigenvalue weighted by molar-refractivity contribution is 0.415. The van der Waals surface area contributed by atoms with Crippen molar-refractivity contribution in [3.63, 3.8) is 0 Å². The smallest absolute Gasteiger partial charge is 0.156 e. The maximum Gasteiger partial charge on any atom is 0.156 e. The van der Waals surface area contributed by atoms with Crippen molar-refractivity contribution >= 4 is 45.8 Å². The number of anilines is 1. The fraction of sp³-hybridized carbons (Fsp3) is 0.133. The Morgan fingerprint density at radius 1 is 1.10 bits per heavy atom. The number of thioether (sulfide) groups is 1. The molecule has 0 aromatic heterocycles. The highest BCUT2D eigenvalue weighted by Crippen LogP contribution is 2.60. The van der Waals surface area contributed by atoms with Gasteiger partial charge in [0.15, 0.2) is 4.38 Å². The van der Waals surface area contributed by atoms with Crippen LogP contribution < -0.4 is 14.8 Å². The second-order valence-electron chi connectivity index (χ2n) is 4.26. The third kappa shape index (κ3) is 3.20. The van der Waals surface area contributed by atoms with E-state index in [2.05, 4.69) is 35.3 Å². The first-order chi connectivity index (χ1) is 10.3. The summed E-state index contributed by atoms with van der Waals surface area (Å²) in [4.78, 5) is 0. The van der Waals surface area contributed by atoms with E-state index < -0.39 is 7.27 Å². The molecular weight excluding hydrogens is 319 g/mol. The van der Waals surface area contributed by atoms with Crippen molar-refractivity contribution in [1.29, 1.82) is 0 Å². The number of nitrogens with zero attached hydrogens (tertiary/aromatic N) is 2. The van der Waals surface area contributed by atoms with Gasteiger partial charge < -0.3 is 4.74 Å². The Hall–Kier alpha value is -1.16. The monoisotopic (exact) mass is 334 g/mol. The molecule has 2 aromatic rings. The Morgan fingerprint density at radius 3 is 2.43 bits per heavy atom. The number of methoxy groups -OCH3 is 1. The first-order valence-electron chi connectivity index (χ1n) is 6.41. The van der Waals surface area contributed by atoms with Crippen LogP contribution in [0.3, 0.4) is 0 Å². The molecule has 3 rings (SSSR count). The van der Waals surface area contributed by atoms with E-state index in [0.29, 0.717) is 0 Å². The summed E-state index contributed by atoms with van der Waals surface area (Å²) >= 11 is 3.54. The van der Waals surface area contributed by atoms with E-state index in [0.717, 1.165) is 15.8 Å². The summed E-state index contributed by atoms with van der Waals surface area (Å²) in [5.41, 5.74) is 1.14. The van der Waals surface area contributed by atoms with Gasteiger partial charge in [-0.3, -0.25) is 0 Å². The molecule has 1 heterocycles. The number of ether oxygens (including phenoxy) is 1. The van der Waals surface area contributed by atoms with E-state index >= 15 is 0 Å². The SMILES string of the molecule is COc1ccc(P2SC(SC)=NN2c2ccccc2)cc1. The number of benzene rings is 2. The molecule has 6 heteroatoms. The average Bonchev–Trinajstić information content (AvgIpc) is 3.00. The molecule has 0 spiro atoms. The molecule has 1 aliphatic rings. The van der Waals surface area contributed by atoms with Gasteiger partial charge in [0.05, 0.1) is 12.8 Å². The lowest BCUT2D eigenvalue weighted by Crippen LogP contribution is -2.12. The molecule has 0 N–H and O–H groups in total. The van der Waals surface area contributed by atoms with Crippen LogP contribution in [0.1, 0.15) is 0 Å². The Morgan fingerprint density at radius 2 is 1.81 bits per heavy atom. The van der Waals surface area contributed by atoms with Crippen LogP contribution in [0.5, 0.6) is 5.75 Å². The zero-order valence-corrected chi connectivity index (χ0v) is 14.3. The van der Waals surface area contributed by atoms with Crippen LogP contribution in [0, 0.1) is 0 Å². The van der Waals surface area contributed by atoms with Crippen LogP contribution in [0.4, 0.5) is 5.69 Å². The summed E-state index contributed by atoms with van der Waals surface area (Å²) in [6, 6.07) is 18.6. The molecule has 108 valence electrons. The summed E-state index contributed by atoms with van der Waals surface area (Å²) in [5, 5.41) is 6.04. The van der Waals surface area contributed by atoms with Gasteiger partial charge in [-0.1, -0.05) is 18.2 Å². The van der Waals surface area contributed by atoms with E-state index in [1.165, 1.54) is 5.30 Å². The summed E-state index contributed by atoms with van der Waals surface area (Å²) in [6.07, 6.45) is 2.07. The molecule has 0 fully saturated rings. The van der Waals surface area contributed by atoms with Crippen LogP contribution in [0.25, 0.3) is 0 Å². The first-order valence-corrected chi connectivity index (χ1v) is 10.4. The van der Waals surface area contributed by atoms with Gasteiger partial charge in [-0.2, -0.15) is 5.10 Å². The number of rotatable bonds is 3. The second-order valence-corrected chi connectivity index (χ2v) is 8.91. The van der Waals surface area contributed by atoms with Gasteiger partial charge in [-0.25, -0.2) is 4.78 Å². The third-order valence-corrected chi connectivity index (χ3v) is 8.47. The van der Waals surface area contributed by atoms with Gasteiger partial charge in [0.2, 0.25) is 0 Å². The molecule has 1 aliphatic heterocycles. The predicted octanol–water partition coefficient (Wildman–Crippen LogP) is 4.52. The molecule has 3 nitrogen and oxygen atoms in total. The second kappa shape index (κ2) is 6.73. The van der Waals surface area contributed by atoms with Crippen LogP contribution in [0.2, 0.25) is 0 Å². The maximum atomic E-state index is 5.24. The molecule has 1 atom stereocenters. The maximum absolute atomic E-state index is 5.24. The van der Waals surface area contributed by atoms with Crippen molar-refractivity contribution in [2.24, 2.45) is 5.10 Å². The van der Waals surface area contributed by atoms with Crippen LogP contribution in [-0.4, -0.2) is 17.7 Å². The summed E-state index contributed by atoms with van der Waals surface area (Å²) < 4.78 is 8.50. The van der Waals surface area contributed by atoms with Gasteiger partial charge in [-0.05, 0) is 54.0 Å². The lowest BCUT2D eigenvalue weighted by atomic mass is 10.3. The Labute approximate surface area is 134 Å². The molecular formula is C15H15N2OPS2. The third-order valence-electron chi connectivity index (χ3n) is 2.97. The van der Waals surface area contributed by atoms with E-state index in [1.807, 2.05) is 41.7 Å². The van der Waals surface area contributed by atoms with Crippen molar-refractivity contribution in [3.05, 3.63) is 54.6 Å². The molecule has 21 heavy (non-hydrogen) atoms. The van der Waals surface area contributed by atoms with Crippen molar-refractivity contribution in [2.45, 2.75) is 0 Å². The highest BCUT2D eigenvalue weighted by Gasteiger charge is 2.30. The zero-order chi connectivity index (χ0) is 14.7. The van der Waals surface area contributed by atoms with Gasteiger partial charge >= 0.3 is 0 Å². The van der Waals surface area contributed by atoms with E-state index in [-0.39, 0.29) is 0 Å². The van der Waals surface area contributed by atoms with Crippen LogP contribution in [0.15, 0.2) is 59.7 Å². The fourth-order valence-corrected chi connectivity index (χ4v) is 7.26. The van der Waals surface area contributed by atoms with Gasteiger partial charge in [-0.15, -0.1) is 11.8 Å². The number of hydrogen-bond donors (Lipinski definition) is 0. The minimum absolute atomic E-state index is 0.573. The minimum atomic E-state index is -0.573. The lowest BCUT2D eigenvalue weighted by Gasteiger charge is -2.22. The number of hydrazone groups is 1. The quantitative estimate of drug-likeness (QED) is 0.771. The van der Waals surface area contributed by atoms with Crippen LogP contribution >= 0.6 is 30.4 Å². The minimum Gasteiger partial charge on any atom is -0.497 e.